The highest BCUT2D eigenvalue weighted by atomic mass is 32.2. The molecular formula is C20H16N2O3S. The number of nitrogens with one attached hydrogen (secondary N) is 1. The maximum atomic E-state index is 11.6. The van der Waals surface area contributed by atoms with Gasteiger partial charge in [-0.3, -0.25) is 0 Å². The largest absolute Gasteiger partial charge is 0.462 e. The van der Waals surface area contributed by atoms with E-state index in [1.165, 1.54) is 6.26 Å². The van der Waals surface area contributed by atoms with Crippen LogP contribution in [-0.2, 0) is 9.84 Å². The normalized spacial score (nSPS) is 11.6. The number of aromatic nitrogens is 1. The molecule has 2 heterocycles. The van der Waals surface area contributed by atoms with E-state index in [1.807, 2.05) is 42.5 Å². The highest BCUT2D eigenvalue weighted by Gasteiger charge is 2.12. The third kappa shape index (κ3) is 3.19. The second-order valence-corrected chi connectivity index (χ2v) is 8.00. The number of sulfone groups is 1. The van der Waals surface area contributed by atoms with E-state index >= 15 is 0 Å². The SMILES string of the molecule is CS(=O)(=O)c1ccc(-c2coc3ccc(Nc4ccccc4)nc23)cc1. The lowest BCUT2D eigenvalue weighted by Crippen LogP contribution is -1.96. The van der Waals surface area contributed by atoms with Gasteiger partial charge in [0, 0.05) is 17.5 Å². The second kappa shape index (κ2) is 6.31. The zero-order chi connectivity index (χ0) is 18.1. The monoisotopic (exact) mass is 364 g/mol. The highest BCUT2D eigenvalue weighted by molar-refractivity contribution is 7.90. The molecule has 2 aromatic heterocycles. The van der Waals surface area contributed by atoms with E-state index in [9.17, 15) is 8.42 Å². The van der Waals surface area contributed by atoms with Crippen molar-refractivity contribution in [2.24, 2.45) is 0 Å². The molecule has 1 N–H and O–H groups in total. The van der Waals surface area contributed by atoms with Gasteiger partial charge in [-0.1, -0.05) is 30.3 Å². The number of anilines is 2. The lowest BCUT2D eigenvalue weighted by molar-refractivity contribution is 0.602. The molecule has 0 aliphatic rings. The summed E-state index contributed by atoms with van der Waals surface area (Å²) in [5.74, 6) is 0.708. The van der Waals surface area contributed by atoms with Crippen LogP contribution in [0.1, 0.15) is 0 Å². The van der Waals surface area contributed by atoms with Gasteiger partial charge < -0.3 is 9.73 Å². The summed E-state index contributed by atoms with van der Waals surface area (Å²) in [4.78, 5) is 4.94. The van der Waals surface area contributed by atoms with Crippen LogP contribution in [-0.4, -0.2) is 19.7 Å². The molecule has 0 aliphatic carbocycles. The fourth-order valence-electron chi connectivity index (χ4n) is 2.74. The molecule has 4 aromatic rings. The Kier molecular flexibility index (Phi) is 3.97. The van der Waals surface area contributed by atoms with Crippen molar-refractivity contribution in [1.82, 2.24) is 4.98 Å². The third-order valence-corrected chi connectivity index (χ3v) is 5.19. The van der Waals surface area contributed by atoms with E-state index in [-0.39, 0.29) is 4.90 Å². The summed E-state index contributed by atoms with van der Waals surface area (Å²) in [7, 11) is -3.22. The van der Waals surface area contributed by atoms with Crippen LogP contribution in [0.5, 0.6) is 0 Å². The van der Waals surface area contributed by atoms with E-state index < -0.39 is 9.84 Å². The quantitative estimate of drug-likeness (QED) is 0.571. The first-order chi connectivity index (χ1) is 12.5. The minimum absolute atomic E-state index is 0.286. The molecule has 0 spiro atoms. The average molecular weight is 364 g/mol. The summed E-state index contributed by atoms with van der Waals surface area (Å²) in [5.41, 5.74) is 4.00. The Bertz CT molecular complexity index is 1160. The number of hydrogen-bond acceptors (Lipinski definition) is 5. The Morgan fingerprint density at radius 1 is 0.923 bits per heavy atom. The Balaban J connectivity index is 1.73. The van der Waals surface area contributed by atoms with E-state index in [0.717, 1.165) is 22.3 Å². The zero-order valence-corrected chi connectivity index (χ0v) is 14.8. The number of nitrogens with zero attached hydrogens (tertiary/aromatic N) is 1. The standard InChI is InChI=1S/C20H16N2O3S/c1-26(23,24)16-9-7-14(8-10-16)17-13-25-18-11-12-19(22-20(17)18)21-15-5-3-2-4-6-15/h2-13H,1H3,(H,21,22). The predicted octanol–water partition coefficient (Wildman–Crippen LogP) is 4.64. The Morgan fingerprint density at radius 2 is 1.65 bits per heavy atom. The zero-order valence-electron chi connectivity index (χ0n) is 14.0. The minimum atomic E-state index is -3.22. The summed E-state index contributed by atoms with van der Waals surface area (Å²) in [6.45, 7) is 0. The Hall–Kier alpha value is -3.12. The van der Waals surface area contributed by atoms with Crippen molar-refractivity contribution < 1.29 is 12.8 Å². The van der Waals surface area contributed by atoms with Crippen molar-refractivity contribution in [1.29, 1.82) is 0 Å². The number of fused-ring (bicyclic) bond motifs is 1. The summed E-state index contributed by atoms with van der Waals surface area (Å²) in [6, 6.07) is 20.2. The molecule has 26 heavy (non-hydrogen) atoms. The van der Waals surface area contributed by atoms with Crippen molar-refractivity contribution in [3.63, 3.8) is 0 Å². The smallest absolute Gasteiger partial charge is 0.175 e. The van der Waals surface area contributed by atoms with Crippen LogP contribution in [0.3, 0.4) is 0 Å². The number of hydrogen-bond donors (Lipinski definition) is 1. The second-order valence-electron chi connectivity index (χ2n) is 5.98. The first-order valence-corrected chi connectivity index (χ1v) is 9.91. The first kappa shape index (κ1) is 16.4. The molecule has 0 saturated carbocycles. The van der Waals surface area contributed by atoms with Crippen molar-refractivity contribution in [3.05, 3.63) is 73.0 Å². The molecule has 0 fully saturated rings. The fraction of sp³-hybridized carbons (Fsp3) is 0.0500. The molecule has 2 aromatic carbocycles. The van der Waals surface area contributed by atoms with Gasteiger partial charge in [-0.2, -0.15) is 0 Å². The highest BCUT2D eigenvalue weighted by Crippen LogP contribution is 2.31. The van der Waals surface area contributed by atoms with Crippen molar-refractivity contribution in [2.45, 2.75) is 4.90 Å². The molecule has 0 saturated heterocycles. The van der Waals surface area contributed by atoms with Gasteiger partial charge in [0.25, 0.3) is 0 Å². The van der Waals surface area contributed by atoms with E-state index in [0.29, 0.717) is 11.4 Å². The summed E-state index contributed by atoms with van der Waals surface area (Å²) in [6.07, 6.45) is 2.83. The minimum Gasteiger partial charge on any atom is -0.462 e. The fourth-order valence-corrected chi connectivity index (χ4v) is 3.37. The van der Waals surface area contributed by atoms with E-state index in [1.54, 1.807) is 30.5 Å². The molecule has 0 unspecified atom stereocenters. The molecule has 0 aliphatic heterocycles. The lowest BCUT2D eigenvalue weighted by Gasteiger charge is -2.06. The molecule has 5 nitrogen and oxygen atoms in total. The van der Waals surface area contributed by atoms with Crippen molar-refractivity contribution in [2.75, 3.05) is 11.6 Å². The average Bonchev–Trinajstić information content (AvgIpc) is 3.05. The van der Waals surface area contributed by atoms with Gasteiger partial charge in [-0.15, -0.1) is 0 Å². The van der Waals surface area contributed by atoms with Gasteiger partial charge in [-0.25, -0.2) is 13.4 Å². The number of rotatable bonds is 4. The lowest BCUT2D eigenvalue weighted by atomic mass is 10.1. The van der Waals surface area contributed by atoms with Gasteiger partial charge in [0.05, 0.1) is 4.90 Å². The van der Waals surface area contributed by atoms with Gasteiger partial charge >= 0.3 is 0 Å². The van der Waals surface area contributed by atoms with Gasteiger partial charge in [0.2, 0.25) is 0 Å². The van der Waals surface area contributed by atoms with Crippen LogP contribution in [0, 0.1) is 0 Å². The van der Waals surface area contributed by atoms with Gasteiger partial charge in [0.1, 0.15) is 17.6 Å². The van der Waals surface area contributed by atoms with E-state index in [4.69, 9.17) is 4.42 Å². The predicted molar refractivity (Wildman–Crippen MR) is 102 cm³/mol. The van der Waals surface area contributed by atoms with Crippen LogP contribution >= 0.6 is 0 Å². The molecule has 4 rings (SSSR count). The summed E-state index contributed by atoms with van der Waals surface area (Å²) < 4.78 is 28.8. The summed E-state index contributed by atoms with van der Waals surface area (Å²) in [5, 5.41) is 3.26. The molecule has 0 radical (unpaired) electrons. The van der Waals surface area contributed by atoms with Crippen LogP contribution in [0.15, 0.2) is 82.3 Å². The molecular weight excluding hydrogens is 348 g/mol. The van der Waals surface area contributed by atoms with Gasteiger partial charge in [0.15, 0.2) is 15.4 Å². The maximum Gasteiger partial charge on any atom is 0.175 e. The number of pyridine rings is 1. The summed E-state index contributed by atoms with van der Waals surface area (Å²) >= 11 is 0. The maximum absolute atomic E-state index is 11.6. The number of furan rings is 1. The third-order valence-electron chi connectivity index (χ3n) is 4.06. The van der Waals surface area contributed by atoms with E-state index in [2.05, 4.69) is 10.3 Å². The first-order valence-electron chi connectivity index (χ1n) is 8.01. The Labute approximate surface area is 151 Å². The van der Waals surface area contributed by atoms with Crippen LogP contribution in [0.25, 0.3) is 22.2 Å². The molecule has 0 atom stereocenters. The Morgan fingerprint density at radius 3 is 2.35 bits per heavy atom. The number of benzene rings is 2. The topological polar surface area (TPSA) is 72.2 Å². The molecule has 6 heteroatoms. The molecule has 0 amide bonds. The van der Waals surface area contributed by atoms with Crippen molar-refractivity contribution in [3.8, 4) is 11.1 Å². The number of para-hydroxylation sites is 1. The van der Waals surface area contributed by atoms with Crippen LogP contribution in [0.4, 0.5) is 11.5 Å². The van der Waals surface area contributed by atoms with Crippen molar-refractivity contribution >= 4 is 32.4 Å². The molecule has 0 bridgehead atoms. The van der Waals surface area contributed by atoms with Gasteiger partial charge in [-0.05, 0) is 42.0 Å². The van der Waals surface area contributed by atoms with Crippen LogP contribution < -0.4 is 5.32 Å². The molecule has 130 valence electrons. The van der Waals surface area contributed by atoms with Crippen LogP contribution in [0.2, 0.25) is 0 Å².